The summed E-state index contributed by atoms with van der Waals surface area (Å²) >= 11 is 0. The van der Waals surface area contributed by atoms with E-state index in [0.717, 1.165) is 44.3 Å². The summed E-state index contributed by atoms with van der Waals surface area (Å²) in [4.78, 5) is 14.7. The fourth-order valence-electron chi connectivity index (χ4n) is 4.16. The Balaban J connectivity index is 1.60. The van der Waals surface area contributed by atoms with Gasteiger partial charge in [-0.05, 0) is 75.5 Å². The summed E-state index contributed by atoms with van der Waals surface area (Å²) in [5.74, 6) is 1.30. The summed E-state index contributed by atoms with van der Waals surface area (Å²) in [7, 11) is 1.90. The van der Waals surface area contributed by atoms with Crippen molar-refractivity contribution in [2.75, 3.05) is 13.7 Å². The third-order valence-electron chi connectivity index (χ3n) is 5.88. The summed E-state index contributed by atoms with van der Waals surface area (Å²) in [5, 5.41) is 9.27. The molecule has 25 heavy (non-hydrogen) atoms. The molecule has 1 aromatic rings. The maximum Gasteiger partial charge on any atom is 0.253 e. The Morgan fingerprint density at radius 2 is 1.84 bits per heavy atom. The number of rotatable bonds is 5. The fraction of sp³-hybridized carbons (Fsp3) is 0.667. The molecule has 3 rings (SSSR count). The fourth-order valence-corrected chi connectivity index (χ4v) is 4.16. The third-order valence-corrected chi connectivity index (χ3v) is 5.88. The second-order valence-electron chi connectivity index (χ2n) is 7.68. The minimum absolute atomic E-state index is 0.0709. The topological polar surface area (TPSA) is 49.8 Å². The standard InChI is InChI=1S/C21H31NO3/c1-22(18-12-10-16(15-23)11-13-18)21(24)17-6-5-9-20(14-17)25-19-7-3-2-4-8-19/h5-6,9,14,16,18-19,23H,2-4,7-8,10-13,15H2,1H3. The van der Waals surface area contributed by atoms with E-state index in [2.05, 4.69) is 0 Å². The highest BCUT2D eigenvalue weighted by atomic mass is 16.5. The summed E-state index contributed by atoms with van der Waals surface area (Å²) in [6.45, 7) is 0.269. The molecule has 4 nitrogen and oxygen atoms in total. The number of aliphatic hydroxyl groups excluding tert-OH is 1. The van der Waals surface area contributed by atoms with Gasteiger partial charge >= 0.3 is 0 Å². The van der Waals surface area contributed by atoms with Gasteiger partial charge in [0.1, 0.15) is 5.75 Å². The van der Waals surface area contributed by atoms with Gasteiger partial charge in [-0.2, -0.15) is 0 Å². The van der Waals surface area contributed by atoms with E-state index in [4.69, 9.17) is 4.74 Å². The Hall–Kier alpha value is -1.55. The van der Waals surface area contributed by atoms with E-state index in [1.807, 2.05) is 36.2 Å². The minimum atomic E-state index is 0.0709. The molecule has 0 aromatic heterocycles. The molecule has 1 aromatic carbocycles. The lowest BCUT2D eigenvalue weighted by Gasteiger charge is -2.34. The minimum Gasteiger partial charge on any atom is -0.490 e. The monoisotopic (exact) mass is 345 g/mol. The molecule has 0 spiro atoms. The first-order valence-electron chi connectivity index (χ1n) is 9.82. The first-order valence-corrected chi connectivity index (χ1v) is 9.82. The highest BCUT2D eigenvalue weighted by Gasteiger charge is 2.27. The Bertz CT molecular complexity index is 560. The smallest absolute Gasteiger partial charge is 0.253 e. The van der Waals surface area contributed by atoms with E-state index in [1.165, 1.54) is 19.3 Å². The Morgan fingerprint density at radius 3 is 2.52 bits per heavy atom. The van der Waals surface area contributed by atoms with E-state index in [-0.39, 0.29) is 18.6 Å². The second-order valence-corrected chi connectivity index (χ2v) is 7.68. The number of amides is 1. The molecule has 0 atom stereocenters. The Labute approximate surface area is 151 Å². The van der Waals surface area contributed by atoms with Crippen LogP contribution in [0.15, 0.2) is 24.3 Å². The average Bonchev–Trinajstić information content (AvgIpc) is 2.68. The molecule has 1 N–H and O–H groups in total. The van der Waals surface area contributed by atoms with E-state index in [9.17, 15) is 9.90 Å². The van der Waals surface area contributed by atoms with Gasteiger partial charge in [0.25, 0.3) is 5.91 Å². The molecule has 0 saturated heterocycles. The lowest BCUT2D eigenvalue weighted by Crippen LogP contribution is -2.39. The maximum absolute atomic E-state index is 12.9. The number of carbonyl (C=O) groups is 1. The van der Waals surface area contributed by atoms with Crippen molar-refractivity contribution in [2.24, 2.45) is 5.92 Å². The van der Waals surface area contributed by atoms with Crippen molar-refractivity contribution in [3.8, 4) is 5.75 Å². The Kier molecular flexibility index (Phi) is 6.35. The zero-order chi connectivity index (χ0) is 17.6. The number of carbonyl (C=O) groups excluding carboxylic acids is 1. The van der Waals surface area contributed by atoms with Crippen LogP contribution in [0.4, 0.5) is 0 Å². The van der Waals surface area contributed by atoms with E-state index >= 15 is 0 Å². The SMILES string of the molecule is CN(C(=O)c1cccc(OC2CCCCC2)c1)C1CCC(CO)CC1. The Morgan fingerprint density at radius 1 is 1.12 bits per heavy atom. The second kappa shape index (κ2) is 8.70. The van der Waals surface area contributed by atoms with Crippen molar-refractivity contribution >= 4 is 5.91 Å². The van der Waals surface area contributed by atoms with Gasteiger partial charge in [0.15, 0.2) is 0 Å². The first kappa shape index (κ1) is 18.2. The molecule has 1 amide bonds. The van der Waals surface area contributed by atoms with Crippen LogP contribution in [0.5, 0.6) is 5.75 Å². The van der Waals surface area contributed by atoms with Gasteiger partial charge in [0.2, 0.25) is 0 Å². The van der Waals surface area contributed by atoms with E-state index in [1.54, 1.807) is 0 Å². The zero-order valence-electron chi connectivity index (χ0n) is 15.3. The predicted molar refractivity (Wildman–Crippen MR) is 98.9 cm³/mol. The number of ether oxygens (including phenoxy) is 1. The van der Waals surface area contributed by atoms with Crippen LogP contribution in [-0.2, 0) is 0 Å². The van der Waals surface area contributed by atoms with Gasteiger partial charge in [-0.1, -0.05) is 12.5 Å². The molecule has 0 unspecified atom stereocenters. The van der Waals surface area contributed by atoms with E-state index in [0.29, 0.717) is 17.6 Å². The molecular formula is C21H31NO3. The van der Waals surface area contributed by atoms with E-state index < -0.39 is 0 Å². The van der Waals surface area contributed by atoms with Gasteiger partial charge in [0.05, 0.1) is 6.10 Å². The molecule has 0 heterocycles. The molecule has 2 fully saturated rings. The van der Waals surface area contributed by atoms with Crippen LogP contribution in [-0.4, -0.2) is 41.7 Å². The zero-order valence-corrected chi connectivity index (χ0v) is 15.3. The normalized spacial score (nSPS) is 24.7. The van der Waals surface area contributed by atoms with Gasteiger partial charge in [-0.15, -0.1) is 0 Å². The third kappa shape index (κ3) is 4.75. The van der Waals surface area contributed by atoms with Gasteiger partial charge < -0.3 is 14.7 Å². The van der Waals surface area contributed by atoms with Crippen molar-refractivity contribution in [3.63, 3.8) is 0 Å². The molecule has 2 aliphatic rings. The van der Waals surface area contributed by atoms with Gasteiger partial charge in [-0.25, -0.2) is 0 Å². The van der Waals surface area contributed by atoms with Crippen molar-refractivity contribution in [3.05, 3.63) is 29.8 Å². The van der Waals surface area contributed by atoms with Crippen LogP contribution < -0.4 is 4.74 Å². The maximum atomic E-state index is 12.9. The van der Waals surface area contributed by atoms with Crippen LogP contribution in [0.2, 0.25) is 0 Å². The van der Waals surface area contributed by atoms with Crippen molar-refractivity contribution in [2.45, 2.75) is 69.9 Å². The number of nitrogens with zero attached hydrogens (tertiary/aromatic N) is 1. The number of hydrogen-bond acceptors (Lipinski definition) is 3. The first-order chi connectivity index (χ1) is 12.2. The highest BCUT2D eigenvalue weighted by Crippen LogP contribution is 2.28. The number of benzene rings is 1. The summed E-state index contributed by atoms with van der Waals surface area (Å²) < 4.78 is 6.10. The summed E-state index contributed by atoms with van der Waals surface area (Å²) in [5.41, 5.74) is 0.708. The molecular weight excluding hydrogens is 314 g/mol. The van der Waals surface area contributed by atoms with Gasteiger partial charge in [-0.3, -0.25) is 4.79 Å². The predicted octanol–water partition coefficient (Wildman–Crippen LogP) is 4.02. The average molecular weight is 345 g/mol. The summed E-state index contributed by atoms with van der Waals surface area (Å²) in [6.07, 6.45) is 10.3. The van der Waals surface area contributed by atoms with Crippen LogP contribution in [0.1, 0.15) is 68.1 Å². The molecule has 138 valence electrons. The largest absolute Gasteiger partial charge is 0.490 e. The number of hydrogen-bond donors (Lipinski definition) is 1. The number of aliphatic hydroxyl groups is 1. The molecule has 2 saturated carbocycles. The van der Waals surface area contributed by atoms with Crippen LogP contribution in [0, 0.1) is 5.92 Å². The molecule has 4 heteroatoms. The van der Waals surface area contributed by atoms with Crippen LogP contribution in [0.25, 0.3) is 0 Å². The van der Waals surface area contributed by atoms with Crippen LogP contribution >= 0.6 is 0 Å². The lowest BCUT2D eigenvalue weighted by molar-refractivity contribution is 0.0651. The highest BCUT2D eigenvalue weighted by molar-refractivity contribution is 5.94. The van der Waals surface area contributed by atoms with Crippen molar-refractivity contribution in [1.82, 2.24) is 4.90 Å². The summed E-state index contributed by atoms with van der Waals surface area (Å²) in [6, 6.07) is 7.93. The quantitative estimate of drug-likeness (QED) is 0.877. The van der Waals surface area contributed by atoms with Gasteiger partial charge in [0, 0.05) is 25.3 Å². The molecule has 2 aliphatic carbocycles. The van der Waals surface area contributed by atoms with Crippen LogP contribution in [0.3, 0.4) is 0 Å². The molecule has 0 radical (unpaired) electrons. The van der Waals surface area contributed by atoms with Crippen molar-refractivity contribution < 1.29 is 14.6 Å². The molecule has 0 aliphatic heterocycles. The lowest BCUT2D eigenvalue weighted by atomic mass is 9.86. The van der Waals surface area contributed by atoms with Crippen molar-refractivity contribution in [1.29, 1.82) is 0 Å². The molecule has 0 bridgehead atoms.